The third-order valence-electron chi connectivity index (χ3n) is 2.74. The van der Waals surface area contributed by atoms with Gasteiger partial charge in [0.1, 0.15) is 16.0 Å². The van der Waals surface area contributed by atoms with Crippen LogP contribution in [0.2, 0.25) is 0 Å². The highest BCUT2D eigenvalue weighted by molar-refractivity contribution is 7.92. The van der Waals surface area contributed by atoms with Gasteiger partial charge < -0.3 is 9.84 Å². The minimum absolute atomic E-state index is 0.00240. The molecule has 1 heterocycles. The van der Waals surface area contributed by atoms with E-state index in [2.05, 4.69) is 0 Å². The van der Waals surface area contributed by atoms with E-state index in [-0.39, 0.29) is 13.2 Å². The number of benzene rings is 1. The Morgan fingerprint density at radius 2 is 1.95 bits per heavy atom. The fourth-order valence-electron chi connectivity index (χ4n) is 1.57. The quantitative estimate of drug-likeness (QED) is 0.630. The zero-order chi connectivity index (χ0) is 14.2. The van der Waals surface area contributed by atoms with Crippen molar-refractivity contribution in [3.8, 4) is 0 Å². The zero-order valence-electron chi connectivity index (χ0n) is 9.50. The molecule has 0 atom stereocenters. The molecule has 1 N–H and O–H groups in total. The lowest BCUT2D eigenvalue weighted by Gasteiger charge is -2.25. The smallest absolute Gasteiger partial charge is 0.377 e. The number of carboxylic acid groups (broad SMARTS) is 1. The Morgan fingerprint density at radius 3 is 2.37 bits per heavy atom. The molecular formula is C11H9FO6S. The number of halogens is 1. The van der Waals surface area contributed by atoms with E-state index in [1.165, 1.54) is 0 Å². The summed E-state index contributed by atoms with van der Waals surface area (Å²) in [7, 11) is -3.85. The fraction of sp³-hybridized carbons (Fsp3) is 0.273. The molecule has 0 spiro atoms. The van der Waals surface area contributed by atoms with Gasteiger partial charge in [-0.3, -0.25) is 4.79 Å². The van der Waals surface area contributed by atoms with Gasteiger partial charge in [0.2, 0.25) is 0 Å². The predicted molar refractivity (Wildman–Crippen MR) is 60.2 cm³/mol. The molecular weight excluding hydrogens is 279 g/mol. The second kappa shape index (κ2) is 4.71. The number of carbonyl (C=O) groups excluding carboxylic acids is 1. The molecule has 1 aliphatic rings. The van der Waals surface area contributed by atoms with Gasteiger partial charge >= 0.3 is 5.97 Å². The second-order valence-electron chi connectivity index (χ2n) is 3.98. The summed E-state index contributed by atoms with van der Waals surface area (Å²) in [5.74, 6) is -4.17. The van der Waals surface area contributed by atoms with Crippen molar-refractivity contribution < 1.29 is 32.2 Å². The van der Waals surface area contributed by atoms with Crippen molar-refractivity contribution in [3.63, 3.8) is 0 Å². The first-order valence-corrected chi connectivity index (χ1v) is 6.77. The molecule has 0 aliphatic carbocycles. The summed E-state index contributed by atoms with van der Waals surface area (Å²) < 4.78 is 42.3. The van der Waals surface area contributed by atoms with E-state index >= 15 is 0 Å². The maximum atomic E-state index is 13.7. The molecule has 1 aromatic rings. The molecule has 0 bridgehead atoms. The number of sulfone groups is 1. The topological polar surface area (TPSA) is 97.7 Å². The van der Waals surface area contributed by atoms with Gasteiger partial charge in [-0.1, -0.05) is 0 Å². The van der Waals surface area contributed by atoms with Crippen LogP contribution in [0.4, 0.5) is 4.39 Å². The van der Waals surface area contributed by atoms with Gasteiger partial charge in [0.15, 0.2) is 9.84 Å². The molecule has 19 heavy (non-hydrogen) atoms. The summed E-state index contributed by atoms with van der Waals surface area (Å²) >= 11 is 0. The largest absolute Gasteiger partial charge is 0.475 e. The van der Waals surface area contributed by atoms with E-state index in [9.17, 15) is 22.4 Å². The number of Topliss-reactive ketones (excluding diaryl/α,β-unsaturated/α-hetero) is 1. The number of carboxylic acids is 1. The van der Waals surface area contributed by atoms with Crippen molar-refractivity contribution in [2.24, 2.45) is 0 Å². The van der Waals surface area contributed by atoms with E-state index in [4.69, 9.17) is 9.84 Å². The Labute approximate surface area is 107 Å². The molecule has 1 saturated heterocycles. The van der Waals surface area contributed by atoms with Crippen molar-refractivity contribution >= 4 is 21.6 Å². The van der Waals surface area contributed by atoms with Crippen LogP contribution in [0.5, 0.6) is 0 Å². The summed E-state index contributed by atoms with van der Waals surface area (Å²) in [4.78, 5) is 21.0. The first-order valence-electron chi connectivity index (χ1n) is 5.23. The number of carbonyl (C=O) groups is 2. The van der Waals surface area contributed by atoms with Crippen LogP contribution in [0.15, 0.2) is 23.1 Å². The third-order valence-corrected chi connectivity index (χ3v) is 4.84. The summed E-state index contributed by atoms with van der Waals surface area (Å²) in [6.07, 6.45) is 0. The second-order valence-corrected chi connectivity index (χ2v) is 6.18. The van der Waals surface area contributed by atoms with E-state index in [0.717, 1.165) is 12.1 Å². The molecule has 2 rings (SSSR count). The number of ether oxygens (including phenoxy) is 1. The maximum absolute atomic E-state index is 13.7. The number of aliphatic carboxylic acids is 1. The highest BCUT2D eigenvalue weighted by Crippen LogP contribution is 2.24. The van der Waals surface area contributed by atoms with Crippen LogP contribution in [-0.4, -0.2) is 43.7 Å². The minimum atomic E-state index is -3.85. The Kier molecular flexibility index (Phi) is 3.38. The van der Waals surface area contributed by atoms with Crippen molar-refractivity contribution in [1.29, 1.82) is 0 Å². The van der Waals surface area contributed by atoms with Crippen LogP contribution < -0.4 is 0 Å². The molecule has 0 amide bonds. The summed E-state index contributed by atoms with van der Waals surface area (Å²) in [6.45, 7) is -0.00480. The molecule has 0 unspecified atom stereocenters. The summed E-state index contributed by atoms with van der Waals surface area (Å²) in [6, 6.07) is 2.49. The Morgan fingerprint density at radius 1 is 1.32 bits per heavy atom. The zero-order valence-corrected chi connectivity index (χ0v) is 10.3. The normalized spacial score (nSPS) is 15.8. The lowest BCUT2D eigenvalue weighted by Crippen LogP contribution is -2.41. The average Bonchev–Trinajstić information content (AvgIpc) is 2.24. The van der Waals surface area contributed by atoms with Crippen molar-refractivity contribution in [1.82, 2.24) is 0 Å². The van der Waals surface area contributed by atoms with E-state index in [1.54, 1.807) is 0 Å². The molecule has 0 radical (unpaired) electrons. The highest BCUT2D eigenvalue weighted by atomic mass is 32.2. The number of ketones is 1. The Balaban J connectivity index is 2.40. The Bertz CT molecular complexity index is 647. The predicted octanol–water partition coefficient (Wildman–Crippen LogP) is 0.266. The molecule has 0 saturated carbocycles. The van der Waals surface area contributed by atoms with Crippen LogP contribution in [0.1, 0.15) is 10.4 Å². The molecule has 102 valence electrons. The van der Waals surface area contributed by atoms with E-state index in [0.29, 0.717) is 6.07 Å². The van der Waals surface area contributed by atoms with Crippen LogP contribution >= 0.6 is 0 Å². The van der Waals surface area contributed by atoms with Crippen LogP contribution in [-0.2, 0) is 19.4 Å². The third kappa shape index (κ3) is 2.36. The van der Waals surface area contributed by atoms with Gasteiger partial charge in [-0.15, -0.1) is 0 Å². The van der Waals surface area contributed by atoms with Gasteiger partial charge in [0, 0.05) is 5.56 Å². The number of hydrogen-bond donors (Lipinski definition) is 1. The molecule has 8 heteroatoms. The lowest BCUT2D eigenvalue weighted by atomic mass is 10.1. The lowest BCUT2D eigenvalue weighted by molar-refractivity contribution is -0.131. The summed E-state index contributed by atoms with van der Waals surface area (Å²) in [5, 5.41) is 7.68. The molecule has 1 aromatic carbocycles. The van der Waals surface area contributed by atoms with Crippen molar-refractivity contribution in [2.75, 3.05) is 13.2 Å². The summed E-state index contributed by atoms with van der Waals surface area (Å²) in [5.41, 5.74) is -0.409. The molecule has 0 aromatic heterocycles. The first kappa shape index (κ1) is 13.6. The van der Waals surface area contributed by atoms with E-state index < -0.39 is 43.1 Å². The van der Waals surface area contributed by atoms with Crippen molar-refractivity contribution in [3.05, 3.63) is 29.6 Å². The number of rotatable bonds is 4. The van der Waals surface area contributed by atoms with Crippen LogP contribution in [0.3, 0.4) is 0 Å². The van der Waals surface area contributed by atoms with Crippen molar-refractivity contribution in [2.45, 2.75) is 10.1 Å². The fourth-order valence-corrected chi connectivity index (χ4v) is 3.07. The molecule has 1 aliphatic heterocycles. The van der Waals surface area contributed by atoms with E-state index in [1.807, 2.05) is 0 Å². The van der Waals surface area contributed by atoms with Gasteiger partial charge in [0.25, 0.3) is 5.78 Å². The molecule has 1 fully saturated rings. The van der Waals surface area contributed by atoms with Gasteiger partial charge in [0.05, 0.1) is 13.2 Å². The standard InChI is InChI=1S/C11H9FO6S/c12-8-3-6(10(13)11(14)15)1-2-9(8)19(16,17)7-4-18-5-7/h1-3,7H,4-5H2,(H,14,15). The monoisotopic (exact) mass is 288 g/mol. The number of hydrogen-bond acceptors (Lipinski definition) is 5. The van der Waals surface area contributed by atoms with Gasteiger partial charge in [-0.25, -0.2) is 17.6 Å². The first-order chi connectivity index (χ1) is 8.84. The maximum Gasteiger partial charge on any atom is 0.377 e. The minimum Gasteiger partial charge on any atom is -0.475 e. The highest BCUT2D eigenvalue weighted by Gasteiger charge is 2.36. The van der Waals surface area contributed by atoms with Crippen LogP contribution in [0, 0.1) is 5.82 Å². The van der Waals surface area contributed by atoms with Gasteiger partial charge in [-0.2, -0.15) is 0 Å². The van der Waals surface area contributed by atoms with Gasteiger partial charge in [-0.05, 0) is 18.2 Å². The average molecular weight is 288 g/mol. The van der Waals surface area contributed by atoms with Crippen LogP contribution in [0.25, 0.3) is 0 Å². The Hall–Kier alpha value is -1.80. The molecule has 6 nitrogen and oxygen atoms in total. The SMILES string of the molecule is O=C(O)C(=O)c1ccc(S(=O)(=O)C2COC2)c(F)c1.